The third-order valence-corrected chi connectivity index (χ3v) is 8.93. The number of phenols is 1. The van der Waals surface area contributed by atoms with Crippen LogP contribution in [-0.4, -0.2) is 57.9 Å². The van der Waals surface area contributed by atoms with Crippen molar-refractivity contribution in [2.24, 2.45) is 23.5 Å². The number of amides is 1. The summed E-state index contributed by atoms with van der Waals surface area (Å²) >= 11 is 0. The molecule has 2 aromatic carbocycles. The normalized spacial score (nSPS) is 24.6. The first-order chi connectivity index (χ1) is 19.2. The van der Waals surface area contributed by atoms with Crippen molar-refractivity contribution in [3.8, 4) is 22.6 Å². The summed E-state index contributed by atoms with van der Waals surface area (Å²) < 4.78 is 5.71. The number of hydrogen-bond donors (Lipinski definition) is 4. The number of aliphatic hydroxyl groups is 2. The fourth-order valence-corrected chi connectivity index (χ4v) is 7.16. The average molecular weight is 545 g/mol. The molecule has 40 heavy (non-hydrogen) atoms. The molecule has 1 aliphatic heterocycles. The molecule has 2 fully saturated rings. The van der Waals surface area contributed by atoms with Gasteiger partial charge in [-0.3, -0.25) is 19.3 Å². The molecule has 0 radical (unpaired) electrons. The molecule has 1 heterocycles. The monoisotopic (exact) mass is 544 g/mol. The van der Waals surface area contributed by atoms with Gasteiger partial charge < -0.3 is 25.8 Å². The zero-order valence-corrected chi connectivity index (χ0v) is 22.3. The number of primary amides is 1. The first-order valence-electron chi connectivity index (χ1n) is 13.7. The lowest BCUT2D eigenvalue weighted by atomic mass is 9.61. The third-order valence-electron chi connectivity index (χ3n) is 8.93. The van der Waals surface area contributed by atoms with Gasteiger partial charge in [0.15, 0.2) is 11.6 Å². The van der Waals surface area contributed by atoms with Crippen LogP contribution in [0.2, 0.25) is 0 Å². The summed E-state index contributed by atoms with van der Waals surface area (Å²) in [6, 6.07) is 9.35. The van der Waals surface area contributed by atoms with E-state index in [1.54, 1.807) is 13.2 Å². The molecule has 1 saturated heterocycles. The van der Waals surface area contributed by atoms with Crippen molar-refractivity contribution >= 4 is 23.2 Å². The van der Waals surface area contributed by atoms with Crippen molar-refractivity contribution in [1.29, 1.82) is 0 Å². The van der Waals surface area contributed by atoms with Gasteiger partial charge in [0.25, 0.3) is 5.91 Å². The first kappa shape index (κ1) is 26.1. The number of fused-ring (bicyclic) bond motifs is 3. The molecule has 5 N–H and O–H groups in total. The number of allylic oxidation sites excluding steroid dienone is 2. The minimum atomic E-state index is -1.14. The molecule has 3 aliphatic carbocycles. The number of ether oxygens (including phenoxy) is 1. The quantitative estimate of drug-likeness (QED) is 0.417. The Hall–Kier alpha value is -4.11. The summed E-state index contributed by atoms with van der Waals surface area (Å²) in [5.74, 6) is -4.78. The predicted octanol–water partition coefficient (Wildman–Crippen LogP) is 3.58. The van der Waals surface area contributed by atoms with Crippen LogP contribution >= 0.6 is 0 Å². The Morgan fingerprint density at radius 3 is 2.50 bits per heavy atom. The number of carbonyl (C=O) groups is 3. The van der Waals surface area contributed by atoms with Crippen molar-refractivity contribution in [3.05, 3.63) is 63.9 Å². The highest BCUT2D eigenvalue weighted by Gasteiger charge is 2.51. The van der Waals surface area contributed by atoms with Crippen molar-refractivity contribution in [1.82, 2.24) is 4.90 Å². The number of likely N-dealkylation sites (tertiary alicyclic amines) is 1. The number of aromatic hydroxyl groups is 1. The van der Waals surface area contributed by atoms with Gasteiger partial charge in [-0.15, -0.1) is 0 Å². The number of hydrogen-bond acceptors (Lipinski definition) is 8. The fourth-order valence-electron chi connectivity index (χ4n) is 7.16. The van der Waals surface area contributed by atoms with Gasteiger partial charge in [-0.2, -0.15) is 0 Å². The number of carbonyl (C=O) groups excluding carboxylic acids is 3. The predicted molar refractivity (Wildman–Crippen MR) is 146 cm³/mol. The van der Waals surface area contributed by atoms with E-state index in [9.17, 15) is 29.7 Å². The van der Waals surface area contributed by atoms with Crippen LogP contribution in [0.5, 0.6) is 11.5 Å². The average Bonchev–Trinajstić information content (AvgIpc) is 3.41. The molecular formula is C31H32N2O7. The van der Waals surface area contributed by atoms with Crippen LogP contribution in [-0.2, 0) is 27.3 Å². The summed E-state index contributed by atoms with van der Waals surface area (Å²) in [4.78, 5) is 40.5. The lowest BCUT2D eigenvalue weighted by molar-refractivity contribution is -0.127. The number of benzene rings is 2. The number of methoxy groups -OCH3 is 1. The van der Waals surface area contributed by atoms with Gasteiger partial charge in [0.05, 0.1) is 18.6 Å². The van der Waals surface area contributed by atoms with Crippen LogP contribution in [0.25, 0.3) is 16.9 Å². The van der Waals surface area contributed by atoms with Crippen LogP contribution in [0.4, 0.5) is 0 Å². The zero-order chi connectivity index (χ0) is 28.3. The lowest BCUT2D eigenvalue weighted by Crippen LogP contribution is -2.44. The number of Topliss-reactive ketones (excluding diaryl/α,β-unsaturated/α-hetero) is 2. The summed E-state index contributed by atoms with van der Waals surface area (Å²) in [6.45, 7) is 2.93. The Morgan fingerprint density at radius 1 is 1.05 bits per heavy atom. The fraction of sp³-hybridized carbons (Fsp3) is 0.387. The maximum absolute atomic E-state index is 13.7. The Morgan fingerprint density at radius 2 is 1.80 bits per heavy atom. The number of nitrogens with two attached hydrogens (primary N) is 1. The summed E-state index contributed by atoms with van der Waals surface area (Å²) in [5.41, 5.74) is 8.46. The van der Waals surface area contributed by atoms with E-state index >= 15 is 0 Å². The van der Waals surface area contributed by atoms with Crippen molar-refractivity contribution in [3.63, 3.8) is 0 Å². The van der Waals surface area contributed by atoms with E-state index in [0.29, 0.717) is 24.2 Å². The summed E-state index contributed by atoms with van der Waals surface area (Å²) in [5, 5.41) is 33.1. The molecule has 9 heteroatoms. The number of phenolic OH excluding ortho intramolecular Hbond substituents is 1. The molecule has 208 valence electrons. The zero-order valence-electron chi connectivity index (χ0n) is 22.3. The Bertz CT molecular complexity index is 1520. The first-order valence-corrected chi connectivity index (χ1v) is 13.7. The molecule has 1 saturated carbocycles. The number of ketones is 2. The van der Waals surface area contributed by atoms with Crippen LogP contribution in [0.3, 0.4) is 0 Å². The highest BCUT2D eigenvalue weighted by molar-refractivity contribution is 6.21. The van der Waals surface area contributed by atoms with Gasteiger partial charge in [-0.25, -0.2) is 0 Å². The molecule has 6 rings (SSSR count). The number of rotatable bonds is 5. The van der Waals surface area contributed by atoms with Crippen molar-refractivity contribution < 1.29 is 34.4 Å². The largest absolute Gasteiger partial charge is 0.511 e. The highest BCUT2D eigenvalue weighted by atomic mass is 16.5. The van der Waals surface area contributed by atoms with E-state index in [1.807, 2.05) is 12.1 Å². The van der Waals surface area contributed by atoms with Crippen LogP contribution in [0, 0.1) is 17.8 Å². The van der Waals surface area contributed by atoms with E-state index in [-0.39, 0.29) is 29.1 Å². The molecule has 3 atom stereocenters. The van der Waals surface area contributed by atoms with Gasteiger partial charge in [-0.1, -0.05) is 12.1 Å². The summed E-state index contributed by atoms with van der Waals surface area (Å²) in [7, 11) is 1.60. The van der Waals surface area contributed by atoms with Crippen LogP contribution in [0.15, 0.2) is 47.2 Å². The van der Waals surface area contributed by atoms with Gasteiger partial charge in [-0.05, 0) is 85.5 Å². The Kier molecular flexibility index (Phi) is 6.41. The topological polar surface area (TPSA) is 150 Å². The minimum absolute atomic E-state index is 0.0879. The smallest absolute Gasteiger partial charge is 0.255 e. The second-order valence-corrected chi connectivity index (χ2v) is 11.3. The van der Waals surface area contributed by atoms with Gasteiger partial charge >= 0.3 is 0 Å². The van der Waals surface area contributed by atoms with E-state index in [1.165, 1.54) is 18.9 Å². The van der Waals surface area contributed by atoms with Crippen LogP contribution in [0.1, 0.15) is 42.4 Å². The number of nitrogens with zero attached hydrogens (tertiary/aromatic N) is 1. The second-order valence-electron chi connectivity index (χ2n) is 11.3. The molecule has 1 amide bonds. The standard InChI is InChI=1S/C31H32N2O7/c1-40-23-7-4-15(14-33-8-2-3-9-33)10-19(23)18-5-6-21(34)26-20(18)12-16-11-17-13-22(35)27(31(32)39)30(38)25(17)28(36)24(16)29(26)37/h4-7,10,16-17,25,34,37-38H,2-3,8-9,11-14H2,1H3,(H2,32,39). The lowest BCUT2D eigenvalue weighted by Gasteiger charge is -2.41. The molecular weight excluding hydrogens is 512 g/mol. The molecule has 0 spiro atoms. The van der Waals surface area contributed by atoms with Gasteiger partial charge in [0.2, 0.25) is 0 Å². The highest BCUT2D eigenvalue weighted by Crippen LogP contribution is 2.52. The second kappa shape index (κ2) is 9.82. The maximum Gasteiger partial charge on any atom is 0.255 e. The number of aliphatic hydroxyl groups excluding tert-OH is 2. The minimum Gasteiger partial charge on any atom is -0.511 e. The maximum atomic E-state index is 13.7. The van der Waals surface area contributed by atoms with Crippen molar-refractivity contribution in [2.45, 2.75) is 38.6 Å². The van der Waals surface area contributed by atoms with E-state index in [0.717, 1.165) is 36.3 Å². The van der Waals surface area contributed by atoms with Gasteiger partial charge in [0.1, 0.15) is 28.6 Å². The molecule has 4 aliphatic rings. The Balaban J connectivity index is 1.46. The molecule has 2 aromatic rings. The SMILES string of the molecule is COc1ccc(CN2CCCC2)cc1-c1ccc(O)c2c1CC1CC3CC(=O)C(C(N)=O)=C(O)C3C(=O)C1=C2O. The molecule has 3 unspecified atom stereocenters. The Labute approximate surface area is 231 Å². The molecule has 0 bridgehead atoms. The molecule has 0 aromatic heterocycles. The van der Waals surface area contributed by atoms with Crippen molar-refractivity contribution in [2.75, 3.05) is 20.2 Å². The van der Waals surface area contributed by atoms with E-state index < -0.39 is 46.6 Å². The summed E-state index contributed by atoms with van der Waals surface area (Å²) in [6.07, 6.45) is 2.97. The van der Waals surface area contributed by atoms with Gasteiger partial charge in [0, 0.05) is 24.1 Å². The van der Waals surface area contributed by atoms with Crippen LogP contribution < -0.4 is 10.5 Å². The van der Waals surface area contributed by atoms with E-state index in [4.69, 9.17) is 10.5 Å². The third kappa shape index (κ3) is 4.07. The molecule has 9 nitrogen and oxygen atoms in total. The van der Waals surface area contributed by atoms with E-state index in [2.05, 4.69) is 11.0 Å².